The molecule has 2 amide bonds. The predicted octanol–water partition coefficient (Wildman–Crippen LogP) is 2.27. The van der Waals surface area contributed by atoms with E-state index in [1.807, 2.05) is 49.7 Å². The van der Waals surface area contributed by atoms with Crippen molar-refractivity contribution in [3.8, 4) is 5.69 Å². The van der Waals surface area contributed by atoms with Crippen LogP contribution in [0.4, 0.5) is 0 Å². The molecule has 7 nitrogen and oxygen atoms in total. The van der Waals surface area contributed by atoms with E-state index in [9.17, 15) is 9.59 Å². The molecular weight excluding hydrogens is 330 g/mol. The maximum atomic E-state index is 12.5. The third-order valence-electron chi connectivity index (χ3n) is 4.67. The van der Waals surface area contributed by atoms with Crippen molar-refractivity contribution in [3.63, 3.8) is 0 Å². The Labute approximate surface area is 152 Å². The summed E-state index contributed by atoms with van der Waals surface area (Å²) in [5.41, 5.74) is 4.45. The summed E-state index contributed by atoms with van der Waals surface area (Å²) < 4.78 is 1.89. The number of hydrazone groups is 1. The fraction of sp³-hybridized carbons (Fsp3) is 0.368. The molecule has 0 spiro atoms. The number of rotatable bonds is 4. The first kappa shape index (κ1) is 17.8. The fourth-order valence-corrected chi connectivity index (χ4v) is 3.08. The lowest BCUT2D eigenvalue weighted by molar-refractivity contribution is -0.130. The van der Waals surface area contributed by atoms with E-state index < -0.39 is 0 Å². The second kappa shape index (κ2) is 7.11. The van der Waals surface area contributed by atoms with Crippen molar-refractivity contribution in [2.75, 3.05) is 7.05 Å². The molecule has 3 rings (SSSR count). The Hall–Kier alpha value is -2.96. The van der Waals surface area contributed by atoms with Gasteiger partial charge in [0.25, 0.3) is 5.91 Å². The van der Waals surface area contributed by atoms with Crippen LogP contribution in [0.1, 0.15) is 42.6 Å². The average molecular weight is 353 g/mol. The van der Waals surface area contributed by atoms with E-state index in [0.29, 0.717) is 18.6 Å². The SMILES string of the molecule is Cc1ccccc1-n1ncc(C(C)NC(=O)C2=NN(C)C(=O)CC2)c1C. The number of aromatic nitrogens is 2. The number of nitrogens with one attached hydrogen (secondary N) is 1. The zero-order valence-electron chi connectivity index (χ0n) is 15.5. The summed E-state index contributed by atoms with van der Waals surface area (Å²) in [6, 6.07) is 7.82. The van der Waals surface area contributed by atoms with Crippen LogP contribution in [0.15, 0.2) is 35.6 Å². The summed E-state index contributed by atoms with van der Waals surface area (Å²) in [5.74, 6) is -0.329. The van der Waals surface area contributed by atoms with Crippen molar-refractivity contribution in [2.45, 2.75) is 39.7 Å². The van der Waals surface area contributed by atoms with Crippen LogP contribution in [0.5, 0.6) is 0 Å². The molecule has 0 fully saturated rings. The van der Waals surface area contributed by atoms with Gasteiger partial charge in [-0.15, -0.1) is 0 Å². The molecule has 136 valence electrons. The molecule has 26 heavy (non-hydrogen) atoms. The van der Waals surface area contributed by atoms with Crippen LogP contribution in [-0.2, 0) is 9.59 Å². The second-order valence-corrected chi connectivity index (χ2v) is 6.54. The highest BCUT2D eigenvalue weighted by Gasteiger charge is 2.24. The van der Waals surface area contributed by atoms with Gasteiger partial charge in [0.1, 0.15) is 5.71 Å². The van der Waals surface area contributed by atoms with E-state index >= 15 is 0 Å². The molecule has 1 aliphatic rings. The van der Waals surface area contributed by atoms with Crippen LogP contribution in [0.25, 0.3) is 5.69 Å². The van der Waals surface area contributed by atoms with E-state index in [2.05, 4.69) is 15.5 Å². The number of hydrogen-bond donors (Lipinski definition) is 1. The smallest absolute Gasteiger partial charge is 0.267 e. The van der Waals surface area contributed by atoms with Crippen molar-refractivity contribution >= 4 is 17.5 Å². The molecule has 1 atom stereocenters. The fourth-order valence-electron chi connectivity index (χ4n) is 3.08. The van der Waals surface area contributed by atoms with Gasteiger partial charge >= 0.3 is 0 Å². The summed E-state index contributed by atoms with van der Waals surface area (Å²) in [7, 11) is 1.56. The first-order chi connectivity index (χ1) is 12.4. The lowest BCUT2D eigenvalue weighted by Gasteiger charge is -2.20. The Bertz CT molecular complexity index is 884. The Kier molecular flexibility index (Phi) is 4.88. The van der Waals surface area contributed by atoms with Crippen LogP contribution in [0, 0.1) is 13.8 Å². The van der Waals surface area contributed by atoms with Gasteiger partial charge in [0.05, 0.1) is 17.9 Å². The van der Waals surface area contributed by atoms with Gasteiger partial charge in [-0.2, -0.15) is 10.2 Å². The number of aryl methyl sites for hydroxylation is 1. The molecule has 0 aliphatic carbocycles. The zero-order valence-corrected chi connectivity index (χ0v) is 15.5. The number of nitrogens with zero attached hydrogens (tertiary/aromatic N) is 4. The standard InChI is InChI=1S/C19H23N5O2/c1-12-7-5-6-8-17(12)24-14(3)15(11-20-24)13(2)21-19(26)16-9-10-18(25)23(4)22-16/h5-8,11,13H,9-10H2,1-4H3,(H,21,26). The Morgan fingerprint density at radius 3 is 2.65 bits per heavy atom. The highest BCUT2D eigenvalue weighted by Crippen LogP contribution is 2.22. The molecule has 0 bridgehead atoms. The topological polar surface area (TPSA) is 79.6 Å². The quantitative estimate of drug-likeness (QED) is 0.916. The third kappa shape index (κ3) is 3.37. The van der Waals surface area contributed by atoms with E-state index in [4.69, 9.17) is 0 Å². The maximum absolute atomic E-state index is 12.5. The van der Waals surface area contributed by atoms with Gasteiger partial charge in [0, 0.05) is 31.1 Å². The van der Waals surface area contributed by atoms with Gasteiger partial charge in [-0.1, -0.05) is 18.2 Å². The zero-order chi connectivity index (χ0) is 18.8. The molecule has 2 aromatic rings. The summed E-state index contributed by atoms with van der Waals surface area (Å²) in [6.45, 7) is 5.95. The largest absolute Gasteiger partial charge is 0.344 e. The van der Waals surface area contributed by atoms with Crippen LogP contribution in [-0.4, -0.2) is 39.4 Å². The molecule has 0 radical (unpaired) electrons. The molecule has 1 aliphatic heterocycles. The van der Waals surface area contributed by atoms with Crippen molar-refractivity contribution in [1.82, 2.24) is 20.1 Å². The number of carbonyl (C=O) groups excluding carboxylic acids is 2. The minimum absolute atomic E-state index is 0.0787. The molecular formula is C19H23N5O2. The summed E-state index contributed by atoms with van der Waals surface area (Å²) in [6.07, 6.45) is 2.45. The predicted molar refractivity (Wildman–Crippen MR) is 99.0 cm³/mol. The van der Waals surface area contributed by atoms with Crippen LogP contribution < -0.4 is 5.32 Å². The van der Waals surface area contributed by atoms with Crippen molar-refractivity contribution in [1.29, 1.82) is 0 Å². The molecule has 1 unspecified atom stereocenters. The van der Waals surface area contributed by atoms with E-state index in [1.54, 1.807) is 13.2 Å². The van der Waals surface area contributed by atoms with Crippen LogP contribution in [0.3, 0.4) is 0 Å². The van der Waals surface area contributed by atoms with Gasteiger partial charge < -0.3 is 5.32 Å². The van der Waals surface area contributed by atoms with Crippen molar-refractivity contribution in [2.24, 2.45) is 5.10 Å². The summed E-state index contributed by atoms with van der Waals surface area (Å²) in [5, 5.41) is 12.7. The molecule has 0 saturated carbocycles. The Morgan fingerprint density at radius 2 is 1.96 bits per heavy atom. The Balaban J connectivity index is 1.78. The number of amides is 2. The van der Waals surface area contributed by atoms with Crippen molar-refractivity contribution < 1.29 is 9.59 Å². The van der Waals surface area contributed by atoms with Crippen LogP contribution >= 0.6 is 0 Å². The lowest BCUT2D eigenvalue weighted by atomic mass is 10.1. The van der Waals surface area contributed by atoms with Gasteiger partial charge in [-0.3, -0.25) is 9.59 Å². The number of carbonyl (C=O) groups is 2. The molecule has 1 aromatic heterocycles. The molecule has 1 aromatic carbocycles. The molecule has 1 N–H and O–H groups in total. The van der Waals surface area contributed by atoms with E-state index in [1.165, 1.54) is 5.01 Å². The monoisotopic (exact) mass is 353 g/mol. The Morgan fingerprint density at radius 1 is 1.23 bits per heavy atom. The van der Waals surface area contributed by atoms with Gasteiger partial charge in [0.15, 0.2) is 0 Å². The minimum Gasteiger partial charge on any atom is -0.344 e. The molecule has 7 heteroatoms. The molecule has 2 heterocycles. The minimum atomic E-state index is -0.250. The normalized spacial score (nSPS) is 15.6. The van der Waals surface area contributed by atoms with Gasteiger partial charge in [-0.05, 0) is 32.4 Å². The number of hydrogen-bond acceptors (Lipinski definition) is 4. The van der Waals surface area contributed by atoms with Crippen molar-refractivity contribution in [3.05, 3.63) is 47.3 Å². The first-order valence-corrected chi connectivity index (χ1v) is 8.64. The summed E-state index contributed by atoms with van der Waals surface area (Å²) in [4.78, 5) is 24.0. The average Bonchev–Trinajstić information content (AvgIpc) is 2.99. The van der Waals surface area contributed by atoms with Gasteiger partial charge in [0.2, 0.25) is 5.91 Å². The van der Waals surface area contributed by atoms with E-state index in [0.717, 1.165) is 22.5 Å². The number of benzene rings is 1. The third-order valence-corrected chi connectivity index (χ3v) is 4.67. The molecule has 0 saturated heterocycles. The maximum Gasteiger partial charge on any atom is 0.267 e. The van der Waals surface area contributed by atoms with E-state index in [-0.39, 0.29) is 17.9 Å². The second-order valence-electron chi connectivity index (χ2n) is 6.54. The lowest BCUT2D eigenvalue weighted by Crippen LogP contribution is -2.38. The highest BCUT2D eigenvalue weighted by molar-refractivity contribution is 6.39. The van der Waals surface area contributed by atoms with Gasteiger partial charge in [-0.25, -0.2) is 9.69 Å². The number of para-hydroxylation sites is 1. The highest BCUT2D eigenvalue weighted by atomic mass is 16.2. The van der Waals surface area contributed by atoms with Crippen LogP contribution in [0.2, 0.25) is 0 Å². The first-order valence-electron chi connectivity index (χ1n) is 8.64. The summed E-state index contributed by atoms with van der Waals surface area (Å²) >= 11 is 0.